The van der Waals surface area contributed by atoms with Gasteiger partial charge >= 0.3 is 17.8 Å². The molecule has 0 atom stereocenters. The van der Waals surface area contributed by atoms with E-state index in [0.29, 0.717) is 21.8 Å². The monoisotopic (exact) mass is 499 g/mol. The summed E-state index contributed by atoms with van der Waals surface area (Å²) in [6.45, 7) is 3.76. The molecule has 0 radical (unpaired) electrons. The summed E-state index contributed by atoms with van der Waals surface area (Å²) in [5.41, 5.74) is 5.33. The van der Waals surface area contributed by atoms with E-state index in [9.17, 15) is 14.4 Å². The first-order valence-electron chi connectivity index (χ1n) is 11.0. The van der Waals surface area contributed by atoms with Gasteiger partial charge in [0.2, 0.25) is 0 Å². The number of carbonyl (C=O) groups excluding carboxylic acids is 3. The third-order valence-electron chi connectivity index (χ3n) is 5.42. The molecule has 0 unspecified atom stereocenters. The summed E-state index contributed by atoms with van der Waals surface area (Å²) in [5, 5.41) is 8.51. The highest BCUT2D eigenvalue weighted by Crippen LogP contribution is 2.27. The molecule has 8 heteroatoms. The molecule has 0 aliphatic carbocycles. The van der Waals surface area contributed by atoms with E-state index in [-0.39, 0.29) is 5.75 Å². The molecule has 0 aliphatic rings. The number of aryl methyl sites for hydroxylation is 2. The molecule has 180 valence electrons. The van der Waals surface area contributed by atoms with E-state index in [2.05, 4.69) is 15.8 Å². The summed E-state index contributed by atoms with van der Waals surface area (Å²) in [5.74, 6) is -2.14. The number of esters is 1. The van der Waals surface area contributed by atoms with Crippen LogP contribution in [0.25, 0.3) is 10.8 Å². The van der Waals surface area contributed by atoms with Crippen LogP contribution in [0.5, 0.6) is 5.75 Å². The van der Waals surface area contributed by atoms with Gasteiger partial charge in [-0.15, -0.1) is 0 Å². The van der Waals surface area contributed by atoms with Gasteiger partial charge in [-0.25, -0.2) is 10.2 Å². The lowest BCUT2D eigenvalue weighted by atomic mass is 10.0. The number of benzene rings is 4. The Morgan fingerprint density at radius 1 is 0.889 bits per heavy atom. The third-order valence-corrected chi connectivity index (χ3v) is 5.82. The van der Waals surface area contributed by atoms with Gasteiger partial charge in [0.1, 0.15) is 5.75 Å². The number of nitrogens with zero attached hydrogens (tertiary/aromatic N) is 1. The summed E-state index contributed by atoms with van der Waals surface area (Å²) < 4.78 is 5.65. The normalized spacial score (nSPS) is 10.9. The zero-order valence-corrected chi connectivity index (χ0v) is 20.3. The molecule has 0 heterocycles. The number of hydrogen-bond acceptors (Lipinski definition) is 5. The minimum atomic E-state index is -0.971. The predicted molar refractivity (Wildman–Crippen MR) is 141 cm³/mol. The summed E-state index contributed by atoms with van der Waals surface area (Å²) in [6.07, 6.45) is 1.34. The Labute approximate surface area is 212 Å². The van der Waals surface area contributed by atoms with Gasteiger partial charge in [-0.2, -0.15) is 5.10 Å². The van der Waals surface area contributed by atoms with Crippen LogP contribution < -0.4 is 15.5 Å². The van der Waals surface area contributed by atoms with Crippen LogP contribution in [0.3, 0.4) is 0 Å². The Balaban J connectivity index is 1.53. The van der Waals surface area contributed by atoms with Gasteiger partial charge in [0.05, 0.1) is 11.8 Å². The minimum Gasteiger partial charge on any atom is -0.422 e. The first-order chi connectivity index (χ1) is 17.3. The quantitative estimate of drug-likeness (QED) is 0.126. The molecule has 0 aromatic heterocycles. The molecule has 0 fully saturated rings. The zero-order chi connectivity index (χ0) is 25.7. The number of nitrogens with one attached hydrogen (secondary N) is 2. The molecule has 36 heavy (non-hydrogen) atoms. The number of rotatable bonds is 5. The molecule has 4 aromatic rings. The van der Waals surface area contributed by atoms with Crippen LogP contribution in [0.2, 0.25) is 5.02 Å². The maximum atomic E-state index is 12.7. The molecule has 0 aliphatic heterocycles. The van der Waals surface area contributed by atoms with Crippen molar-refractivity contribution in [2.45, 2.75) is 13.8 Å². The number of ether oxygens (including phenoxy) is 1. The van der Waals surface area contributed by atoms with Gasteiger partial charge in [-0.3, -0.25) is 9.59 Å². The summed E-state index contributed by atoms with van der Waals surface area (Å²) in [6, 6.07) is 22.9. The highest BCUT2D eigenvalue weighted by molar-refractivity contribution is 6.40. The topological polar surface area (TPSA) is 96.9 Å². The molecular weight excluding hydrogens is 478 g/mol. The van der Waals surface area contributed by atoms with Gasteiger partial charge in [0.15, 0.2) is 0 Å². The van der Waals surface area contributed by atoms with Crippen molar-refractivity contribution in [3.63, 3.8) is 0 Å². The lowest BCUT2D eigenvalue weighted by Crippen LogP contribution is -2.32. The first-order valence-corrected chi connectivity index (χ1v) is 11.4. The maximum absolute atomic E-state index is 12.7. The predicted octanol–water partition coefficient (Wildman–Crippen LogP) is 5.42. The van der Waals surface area contributed by atoms with Crippen LogP contribution in [-0.4, -0.2) is 24.0 Å². The fourth-order valence-electron chi connectivity index (χ4n) is 3.41. The van der Waals surface area contributed by atoms with Crippen molar-refractivity contribution in [1.29, 1.82) is 0 Å². The van der Waals surface area contributed by atoms with Gasteiger partial charge in [0.25, 0.3) is 0 Å². The highest BCUT2D eigenvalue weighted by Gasteiger charge is 2.15. The van der Waals surface area contributed by atoms with Crippen molar-refractivity contribution >= 4 is 52.1 Å². The van der Waals surface area contributed by atoms with Gasteiger partial charge < -0.3 is 10.1 Å². The van der Waals surface area contributed by atoms with Crippen LogP contribution in [0, 0.1) is 13.8 Å². The Morgan fingerprint density at radius 3 is 2.39 bits per heavy atom. The second-order valence-electron chi connectivity index (χ2n) is 8.07. The fourth-order valence-corrected chi connectivity index (χ4v) is 3.59. The van der Waals surface area contributed by atoms with E-state index in [1.165, 1.54) is 6.21 Å². The second kappa shape index (κ2) is 10.8. The standard InChI is InChI=1S/C28H22ClN3O4/c1-17-7-10-20(11-8-17)28(35)36-25-14-12-19-5-3-4-6-22(19)23(25)16-30-32-27(34)26(33)31-21-13-9-18(2)24(29)15-21/h3-16H,1-2H3,(H,31,33)(H,32,34)/b30-16+. The smallest absolute Gasteiger partial charge is 0.343 e. The average Bonchev–Trinajstić information content (AvgIpc) is 2.87. The molecule has 2 amide bonds. The Morgan fingerprint density at radius 2 is 1.64 bits per heavy atom. The molecule has 4 aromatic carbocycles. The number of hydrazone groups is 1. The Hall–Kier alpha value is -4.49. The van der Waals surface area contributed by atoms with Gasteiger partial charge in [-0.05, 0) is 60.5 Å². The number of hydrogen-bond donors (Lipinski definition) is 2. The Kier molecular flexibility index (Phi) is 7.42. The van der Waals surface area contributed by atoms with Crippen molar-refractivity contribution in [2.24, 2.45) is 5.10 Å². The highest BCUT2D eigenvalue weighted by atomic mass is 35.5. The molecule has 4 rings (SSSR count). The van der Waals surface area contributed by atoms with E-state index in [0.717, 1.165) is 21.9 Å². The van der Waals surface area contributed by atoms with E-state index < -0.39 is 17.8 Å². The molecule has 0 saturated heterocycles. The maximum Gasteiger partial charge on any atom is 0.343 e. The lowest BCUT2D eigenvalue weighted by Gasteiger charge is -2.11. The molecule has 2 N–H and O–H groups in total. The second-order valence-corrected chi connectivity index (χ2v) is 8.48. The molecule has 0 saturated carbocycles. The van der Waals surface area contributed by atoms with Crippen molar-refractivity contribution in [3.05, 3.63) is 106 Å². The van der Waals surface area contributed by atoms with Crippen molar-refractivity contribution in [2.75, 3.05) is 5.32 Å². The average molecular weight is 500 g/mol. The SMILES string of the molecule is Cc1ccc(C(=O)Oc2ccc3ccccc3c2/C=N/NC(=O)C(=O)Nc2ccc(C)c(Cl)c2)cc1. The number of halogens is 1. The number of amides is 2. The van der Waals surface area contributed by atoms with E-state index in [4.69, 9.17) is 16.3 Å². The van der Waals surface area contributed by atoms with Crippen LogP contribution in [0.1, 0.15) is 27.0 Å². The minimum absolute atomic E-state index is 0.260. The van der Waals surface area contributed by atoms with Gasteiger partial charge in [-0.1, -0.05) is 65.7 Å². The Bertz CT molecular complexity index is 1500. The summed E-state index contributed by atoms with van der Waals surface area (Å²) in [7, 11) is 0. The van der Waals surface area contributed by atoms with Gasteiger partial charge in [0, 0.05) is 16.3 Å². The van der Waals surface area contributed by atoms with Crippen LogP contribution in [0.4, 0.5) is 5.69 Å². The van der Waals surface area contributed by atoms with Crippen LogP contribution in [0.15, 0.2) is 84.0 Å². The van der Waals surface area contributed by atoms with E-state index >= 15 is 0 Å². The van der Waals surface area contributed by atoms with Crippen molar-refractivity contribution < 1.29 is 19.1 Å². The number of fused-ring (bicyclic) bond motifs is 1. The molecule has 0 spiro atoms. The molecular formula is C28H22ClN3O4. The molecule has 0 bridgehead atoms. The van der Waals surface area contributed by atoms with E-state index in [1.54, 1.807) is 36.4 Å². The molecule has 7 nitrogen and oxygen atoms in total. The van der Waals surface area contributed by atoms with Crippen molar-refractivity contribution in [3.8, 4) is 5.75 Å². The fraction of sp³-hybridized carbons (Fsp3) is 0.0714. The van der Waals surface area contributed by atoms with Crippen molar-refractivity contribution in [1.82, 2.24) is 5.43 Å². The zero-order valence-electron chi connectivity index (χ0n) is 19.5. The largest absolute Gasteiger partial charge is 0.422 e. The number of carbonyl (C=O) groups is 3. The number of anilines is 1. The summed E-state index contributed by atoms with van der Waals surface area (Å²) in [4.78, 5) is 37.2. The van der Waals surface area contributed by atoms with Crippen LogP contribution in [-0.2, 0) is 9.59 Å². The third kappa shape index (κ3) is 5.76. The van der Waals surface area contributed by atoms with E-state index in [1.807, 2.05) is 56.3 Å². The summed E-state index contributed by atoms with van der Waals surface area (Å²) >= 11 is 6.06. The lowest BCUT2D eigenvalue weighted by molar-refractivity contribution is -0.136. The first kappa shape index (κ1) is 24.6. The van der Waals surface area contributed by atoms with Crippen LogP contribution >= 0.6 is 11.6 Å².